The van der Waals surface area contributed by atoms with Crippen molar-refractivity contribution in [2.45, 2.75) is 39.7 Å². The van der Waals surface area contributed by atoms with Crippen molar-refractivity contribution >= 4 is 0 Å². The van der Waals surface area contributed by atoms with Crippen LogP contribution in [-0.4, -0.2) is 52.3 Å². The van der Waals surface area contributed by atoms with Crippen LogP contribution in [0, 0.1) is 13.8 Å². The molecule has 1 aromatic carbocycles. The Morgan fingerprint density at radius 3 is 2.40 bits per heavy atom. The summed E-state index contributed by atoms with van der Waals surface area (Å²) in [7, 11) is 2.04. The van der Waals surface area contributed by atoms with Gasteiger partial charge in [0.2, 0.25) is 0 Å². The minimum Gasteiger partial charge on any atom is -0.302 e. The number of hydrogen-bond acceptors (Lipinski definition) is 3. The van der Waals surface area contributed by atoms with Gasteiger partial charge < -0.3 is 4.90 Å². The molecule has 0 N–H and O–H groups in total. The first kappa shape index (κ1) is 18.2. The van der Waals surface area contributed by atoms with E-state index < -0.39 is 0 Å². The molecule has 0 amide bonds. The SMILES string of the molecule is Cc1nn(C)c(C)c1CN1CCCN(CCCc2ccccc2)CC1. The Kier molecular flexibility index (Phi) is 6.27. The minimum atomic E-state index is 1.05. The van der Waals surface area contributed by atoms with Gasteiger partial charge in [0, 0.05) is 37.9 Å². The molecule has 0 unspecified atom stereocenters. The van der Waals surface area contributed by atoms with E-state index in [2.05, 4.69) is 59.1 Å². The molecule has 0 radical (unpaired) electrons. The zero-order chi connectivity index (χ0) is 17.6. The number of nitrogens with zero attached hydrogens (tertiary/aromatic N) is 4. The summed E-state index contributed by atoms with van der Waals surface area (Å²) in [6.07, 6.45) is 3.71. The third-order valence-electron chi connectivity index (χ3n) is 5.50. The van der Waals surface area contributed by atoms with E-state index in [1.165, 1.54) is 74.5 Å². The van der Waals surface area contributed by atoms with Crippen LogP contribution in [-0.2, 0) is 20.0 Å². The molecule has 1 aromatic heterocycles. The maximum Gasteiger partial charge on any atom is 0.0641 e. The largest absolute Gasteiger partial charge is 0.302 e. The molecule has 4 heteroatoms. The number of hydrogen-bond donors (Lipinski definition) is 0. The lowest BCUT2D eigenvalue weighted by Gasteiger charge is -2.22. The van der Waals surface area contributed by atoms with Gasteiger partial charge in [-0.2, -0.15) is 5.10 Å². The highest BCUT2D eigenvalue weighted by molar-refractivity contribution is 5.24. The van der Waals surface area contributed by atoms with E-state index in [4.69, 9.17) is 0 Å². The zero-order valence-electron chi connectivity index (χ0n) is 16.0. The molecule has 0 atom stereocenters. The first-order valence-corrected chi connectivity index (χ1v) is 9.61. The lowest BCUT2D eigenvalue weighted by molar-refractivity contribution is 0.249. The van der Waals surface area contributed by atoms with Crippen molar-refractivity contribution < 1.29 is 0 Å². The predicted molar refractivity (Wildman–Crippen MR) is 104 cm³/mol. The van der Waals surface area contributed by atoms with Gasteiger partial charge in [-0.05, 0) is 58.3 Å². The standard InChI is InChI=1S/C21H32N4/c1-18-21(19(2)23(3)22-18)17-25-14-8-13-24(15-16-25)12-7-11-20-9-5-4-6-10-20/h4-6,9-10H,7-8,11-17H2,1-3H3. The Labute approximate surface area is 152 Å². The average Bonchev–Trinajstić information content (AvgIpc) is 2.79. The molecule has 1 fully saturated rings. The predicted octanol–water partition coefficient (Wildman–Crippen LogP) is 3.18. The molecular formula is C21H32N4. The highest BCUT2D eigenvalue weighted by atomic mass is 15.3. The fourth-order valence-corrected chi connectivity index (χ4v) is 3.83. The summed E-state index contributed by atoms with van der Waals surface area (Å²) in [6, 6.07) is 10.9. The van der Waals surface area contributed by atoms with Crippen LogP contribution in [0.5, 0.6) is 0 Å². The van der Waals surface area contributed by atoms with Gasteiger partial charge in [-0.1, -0.05) is 30.3 Å². The molecule has 3 rings (SSSR count). The van der Waals surface area contributed by atoms with Crippen molar-refractivity contribution in [2.75, 3.05) is 32.7 Å². The van der Waals surface area contributed by atoms with Crippen molar-refractivity contribution in [2.24, 2.45) is 7.05 Å². The van der Waals surface area contributed by atoms with E-state index >= 15 is 0 Å². The molecule has 1 aliphatic heterocycles. The average molecular weight is 341 g/mol. The minimum absolute atomic E-state index is 1.05. The van der Waals surface area contributed by atoms with Crippen LogP contribution >= 0.6 is 0 Å². The Morgan fingerprint density at radius 1 is 0.960 bits per heavy atom. The second kappa shape index (κ2) is 8.63. The lowest BCUT2D eigenvalue weighted by Crippen LogP contribution is -2.31. The van der Waals surface area contributed by atoms with Crippen LogP contribution in [0.3, 0.4) is 0 Å². The molecule has 0 aliphatic carbocycles. The van der Waals surface area contributed by atoms with Crippen molar-refractivity contribution in [3.05, 3.63) is 52.8 Å². The maximum absolute atomic E-state index is 4.56. The number of aryl methyl sites for hydroxylation is 3. The molecular weight excluding hydrogens is 308 g/mol. The highest BCUT2D eigenvalue weighted by Crippen LogP contribution is 2.16. The molecule has 1 saturated heterocycles. The third kappa shape index (κ3) is 4.93. The van der Waals surface area contributed by atoms with Gasteiger partial charge in [0.15, 0.2) is 0 Å². The summed E-state index contributed by atoms with van der Waals surface area (Å²) < 4.78 is 2.01. The van der Waals surface area contributed by atoms with Gasteiger partial charge in [0.25, 0.3) is 0 Å². The van der Waals surface area contributed by atoms with Crippen LogP contribution in [0.1, 0.15) is 35.4 Å². The molecule has 4 nitrogen and oxygen atoms in total. The van der Waals surface area contributed by atoms with Gasteiger partial charge in [0.1, 0.15) is 0 Å². The smallest absolute Gasteiger partial charge is 0.0641 e. The van der Waals surface area contributed by atoms with Crippen molar-refractivity contribution in [1.82, 2.24) is 19.6 Å². The Morgan fingerprint density at radius 2 is 1.68 bits per heavy atom. The van der Waals surface area contributed by atoms with E-state index in [0.717, 1.165) is 6.54 Å². The molecule has 2 heterocycles. The summed E-state index contributed by atoms with van der Waals surface area (Å²) in [6.45, 7) is 11.4. The van der Waals surface area contributed by atoms with E-state index in [-0.39, 0.29) is 0 Å². The van der Waals surface area contributed by atoms with Crippen LogP contribution in [0.4, 0.5) is 0 Å². The van der Waals surface area contributed by atoms with Gasteiger partial charge >= 0.3 is 0 Å². The summed E-state index contributed by atoms with van der Waals surface area (Å²) in [5.74, 6) is 0. The summed E-state index contributed by atoms with van der Waals surface area (Å²) in [4.78, 5) is 5.25. The summed E-state index contributed by atoms with van der Waals surface area (Å²) in [5, 5.41) is 4.56. The summed E-state index contributed by atoms with van der Waals surface area (Å²) in [5.41, 5.74) is 5.37. The number of rotatable bonds is 6. The fraction of sp³-hybridized carbons (Fsp3) is 0.571. The van der Waals surface area contributed by atoms with Crippen LogP contribution in [0.15, 0.2) is 30.3 Å². The van der Waals surface area contributed by atoms with Gasteiger partial charge in [0.05, 0.1) is 5.69 Å². The fourth-order valence-electron chi connectivity index (χ4n) is 3.83. The van der Waals surface area contributed by atoms with Crippen LogP contribution in [0.2, 0.25) is 0 Å². The van der Waals surface area contributed by atoms with E-state index in [9.17, 15) is 0 Å². The molecule has 0 spiro atoms. The van der Waals surface area contributed by atoms with E-state index in [0.29, 0.717) is 0 Å². The Hall–Kier alpha value is -1.65. The zero-order valence-corrected chi connectivity index (χ0v) is 16.0. The van der Waals surface area contributed by atoms with E-state index in [1.54, 1.807) is 0 Å². The lowest BCUT2D eigenvalue weighted by atomic mass is 10.1. The second-order valence-corrected chi connectivity index (χ2v) is 7.33. The normalized spacial score (nSPS) is 16.9. The Balaban J connectivity index is 1.45. The van der Waals surface area contributed by atoms with Crippen molar-refractivity contribution in [1.29, 1.82) is 0 Å². The molecule has 136 valence electrons. The van der Waals surface area contributed by atoms with Gasteiger partial charge in [-0.15, -0.1) is 0 Å². The van der Waals surface area contributed by atoms with Gasteiger partial charge in [-0.3, -0.25) is 9.58 Å². The molecule has 2 aromatic rings. The number of benzene rings is 1. The Bertz CT molecular complexity index is 662. The first-order chi connectivity index (χ1) is 12.1. The third-order valence-corrected chi connectivity index (χ3v) is 5.50. The van der Waals surface area contributed by atoms with Crippen molar-refractivity contribution in [3.63, 3.8) is 0 Å². The second-order valence-electron chi connectivity index (χ2n) is 7.33. The van der Waals surface area contributed by atoms with Crippen LogP contribution in [0.25, 0.3) is 0 Å². The molecule has 0 bridgehead atoms. The first-order valence-electron chi connectivity index (χ1n) is 9.61. The molecule has 1 aliphatic rings. The van der Waals surface area contributed by atoms with Gasteiger partial charge in [-0.25, -0.2) is 0 Å². The highest BCUT2D eigenvalue weighted by Gasteiger charge is 2.18. The topological polar surface area (TPSA) is 24.3 Å². The maximum atomic E-state index is 4.56. The molecule has 25 heavy (non-hydrogen) atoms. The monoisotopic (exact) mass is 340 g/mol. The molecule has 0 saturated carbocycles. The summed E-state index contributed by atoms with van der Waals surface area (Å²) >= 11 is 0. The quantitative estimate of drug-likeness (QED) is 0.807. The van der Waals surface area contributed by atoms with Crippen LogP contribution < -0.4 is 0 Å². The number of aromatic nitrogens is 2. The van der Waals surface area contributed by atoms with Crippen molar-refractivity contribution in [3.8, 4) is 0 Å². The van der Waals surface area contributed by atoms with E-state index in [1.807, 2.05) is 11.7 Å².